The maximum atomic E-state index is 11.7. The highest BCUT2D eigenvalue weighted by Crippen LogP contribution is 2.27. The Labute approximate surface area is 94.4 Å². The molecule has 1 heterocycles. The van der Waals surface area contributed by atoms with Crippen LogP contribution in [0.3, 0.4) is 0 Å². The average Bonchev–Trinajstić information content (AvgIpc) is 2.46. The van der Waals surface area contributed by atoms with Gasteiger partial charge in [0.15, 0.2) is 0 Å². The predicted octanol–water partition coefficient (Wildman–Crippen LogP) is 2.45. The van der Waals surface area contributed by atoms with Gasteiger partial charge in [0, 0.05) is 11.4 Å². The zero-order valence-electron chi connectivity index (χ0n) is 8.61. The molecule has 1 saturated heterocycles. The molecule has 15 heavy (non-hydrogen) atoms. The molecule has 0 spiro atoms. The van der Waals surface area contributed by atoms with Crippen LogP contribution in [-0.4, -0.2) is 17.7 Å². The summed E-state index contributed by atoms with van der Waals surface area (Å²) in [5, 5.41) is 3.05. The second kappa shape index (κ2) is 5.21. The molecule has 1 aliphatic rings. The van der Waals surface area contributed by atoms with Crippen LogP contribution >= 0.6 is 11.8 Å². The third-order valence-electron chi connectivity index (χ3n) is 2.51. The number of carbonyl (C=O) groups is 1. The van der Waals surface area contributed by atoms with Crippen molar-refractivity contribution in [3.8, 4) is 0 Å². The largest absolute Gasteiger partial charge is 0.355 e. The zero-order chi connectivity index (χ0) is 10.5. The van der Waals surface area contributed by atoms with E-state index in [-0.39, 0.29) is 11.2 Å². The molecule has 0 aromatic heterocycles. The first-order chi connectivity index (χ1) is 7.36. The van der Waals surface area contributed by atoms with Crippen molar-refractivity contribution in [2.24, 2.45) is 0 Å². The van der Waals surface area contributed by atoms with E-state index in [4.69, 9.17) is 0 Å². The summed E-state index contributed by atoms with van der Waals surface area (Å²) < 4.78 is 0. The van der Waals surface area contributed by atoms with Crippen LogP contribution in [0.2, 0.25) is 0 Å². The molecule has 0 radical (unpaired) electrons. The van der Waals surface area contributed by atoms with E-state index in [9.17, 15) is 4.79 Å². The maximum Gasteiger partial charge on any atom is 0.233 e. The molecule has 1 aromatic carbocycles. The molecule has 0 unspecified atom stereocenters. The Bertz CT molecular complexity index is 326. The Morgan fingerprint density at radius 3 is 2.80 bits per heavy atom. The van der Waals surface area contributed by atoms with Crippen molar-refractivity contribution < 1.29 is 4.79 Å². The molecule has 3 heteroatoms. The average molecular weight is 221 g/mol. The lowest BCUT2D eigenvalue weighted by atomic mass is 10.2. The van der Waals surface area contributed by atoms with E-state index in [1.807, 2.05) is 18.2 Å². The van der Waals surface area contributed by atoms with Gasteiger partial charge in [0.25, 0.3) is 0 Å². The maximum absolute atomic E-state index is 11.7. The van der Waals surface area contributed by atoms with Gasteiger partial charge in [-0.25, -0.2) is 0 Å². The van der Waals surface area contributed by atoms with E-state index >= 15 is 0 Å². The zero-order valence-corrected chi connectivity index (χ0v) is 9.43. The summed E-state index contributed by atoms with van der Waals surface area (Å²) in [5.41, 5.74) is 0. The summed E-state index contributed by atoms with van der Waals surface area (Å²) in [6.07, 6.45) is 3.24. The Kier molecular flexibility index (Phi) is 3.67. The molecule has 1 amide bonds. The van der Waals surface area contributed by atoms with Crippen molar-refractivity contribution in [2.45, 2.75) is 29.4 Å². The highest BCUT2D eigenvalue weighted by atomic mass is 32.2. The van der Waals surface area contributed by atoms with Gasteiger partial charge in [0.05, 0.1) is 5.25 Å². The van der Waals surface area contributed by atoms with Gasteiger partial charge < -0.3 is 5.32 Å². The minimum Gasteiger partial charge on any atom is -0.355 e. The molecule has 1 atom stereocenters. The summed E-state index contributed by atoms with van der Waals surface area (Å²) in [7, 11) is 0. The third-order valence-corrected chi connectivity index (χ3v) is 3.78. The van der Waals surface area contributed by atoms with Crippen molar-refractivity contribution in [1.29, 1.82) is 0 Å². The highest BCUT2D eigenvalue weighted by Gasteiger charge is 2.21. The van der Waals surface area contributed by atoms with Gasteiger partial charge in [-0.05, 0) is 25.0 Å². The molecule has 80 valence electrons. The van der Waals surface area contributed by atoms with Crippen LogP contribution in [0.25, 0.3) is 0 Å². The van der Waals surface area contributed by atoms with Crippen LogP contribution in [-0.2, 0) is 4.79 Å². The van der Waals surface area contributed by atoms with Gasteiger partial charge in [-0.3, -0.25) is 4.79 Å². The van der Waals surface area contributed by atoms with Crippen LogP contribution in [0.4, 0.5) is 0 Å². The molecule has 2 nitrogen and oxygen atoms in total. The lowest BCUT2D eigenvalue weighted by Gasteiger charge is -2.12. The third kappa shape index (κ3) is 2.99. The van der Waals surface area contributed by atoms with Crippen LogP contribution in [0.1, 0.15) is 19.3 Å². The van der Waals surface area contributed by atoms with Crippen molar-refractivity contribution in [3.05, 3.63) is 30.3 Å². The minimum atomic E-state index is 0.0925. The molecular weight excluding hydrogens is 206 g/mol. The van der Waals surface area contributed by atoms with Crippen LogP contribution in [0.5, 0.6) is 0 Å². The molecule has 1 N–H and O–H groups in total. The standard InChI is InChI=1S/C12H15NOS/c14-12-11(8-4-5-9-13-12)15-10-6-2-1-3-7-10/h1-3,6-7,11H,4-5,8-9H2,(H,13,14)/t11-/m0/s1. The Morgan fingerprint density at radius 1 is 1.20 bits per heavy atom. The summed E-state index contributed by atoms with van der Waals surface area (Å²) >= 11 is 1.67. The second-order valence-corrected chi connectivity index (χ2v) is 4.98. The molecule has 0 saturated carbocycles. The number of nitrogens with one attached hydrogen (secondary N) is 1. The first-order valence-corrected chi connectivity index (χ1v) is 6.23. The van der Waals surface area contributed by atoms with E-state index in [1.54, 1.807) is 11.8 Å². The van der Waals surface area contributed by atoms with E-state index in [2.05, 4.69) is 17.4 Å². The quantitative estimate of drug-likeness (QED) is 0.831. The number of amides is 1. The molecule has 0 bridgehead atoms. The summed E-state index contributed by atoms with van der Waals surface area (Å²) in [4.78, 5) is 12.9. The van der Waals surface area contributed by atoms with E-state index in [0.717, 1.165) is 25.8 Å². The van der Waals surface area contributed by atoms with Crippen LogP contribution in [0, 0.1) is 0 Å². The van der Waals surface area contributed by atoms with Gasteiger partial charge >= 0.3 is 0 Å². The summed E-state index contributed by atoms with van der Waals surface area (Å²) in [6, 6.07) is 10.1. The van der Waals surface area contributed by atoms with Crippen LogP contribution in [0.15, 0.2) is 35.2 Å². The number of rotatable bonds is 2. The Balaban J connectivity index is 2.01. The summed E-state index contributed by atoms with van der Waals surface area (Å²) in [6.45, 7) is 0.838. The fraction of sp³-hybridized carbons (Fsp3) is 0.417. The van der Waals surface area contributed by atoms with E-state index < -0.39 is 0 Å². The fourth-order valence-electron chi connectivity index (χ4n) is 1.69. The monoisotopic (exact) mass is 221 g/mol. The molecule has 0 aliphatic carbocycles. The van der Waals surface area contributed by atoms with Gasteiger partial charge in [0.1, 0.15) is 0 Å². The minimum absolute atomic E-state index is 0.0925. The molecule has 1 aliphatic heterocycles. The van der Waals surface area contributed by atoms with Crippen molar-refractivity contribution in [3.63, 3.8) is 0 Å². The molecule has 2 rings (SSSR count). The predicted molar refractivity (Wildman–Crippen MR) is 62.9 cm³/mol. The van der Waals surface area contributed by atoms with E-state index in [0.29, 0.717) is 0 Å². The first kappa shape index (κ1) is 10.6. The van der Waals surface area contributed by atoms with Gasteiger partial charge in [-0.15, -0.1) is 11.8 Å². The Morgan fingerprint density at radius 2 is 2.00 bits per heavy atom. The summed E-state index contributed by atoms with van der Waals surface area (Å²) in [5.74, 6) is 0.196. The van der Waals surface area contributed by atoms with Crippen molar-refractivity contribution >= 4 is 17.7 Å². The fourth-order valence-corrected chi connectivity index (χ4v) is 2.80. The van der Waals surface area contributed by atoms with Gasteiger partial charge in [0.2, 0.25) is 5.91 Å². The van der Waals surface area contributed by atoms with Crippen molar-refractivity contribution in [2.75, 3.05) is 6.54 Å². The molecule has 1 fully saturated rings. The Hall–Kier alpha value is -0.960. The van der Waals surface area contributed by atoms with E-state index in [1.165, 1.54) is 4.90 Å². The topological polar surface area (TPSA) is 29.1 Å². The second-order valence-electron chi connectivity index (χ2n) is 3.71. The smallest absolute Gasteiger partial charge is 0.233 e. The van der Waals surface area contributed by atoms with Crippen LogP contribution < -0.4 is 5.32 Å². The lowest BCUT2D eigenvalue weighted by molar-refractivity contribution is -0.120. The molecule has 1 aromatic rings. The van der Waals surface area contributed by atoms with Gasteiger partial charge in [-0.1, -0.05) is 24.6 Å². The van der Waals surface area contributed by atoms with Gasteiger partial charge in [-0.2, -0.15) is 0 Å². The number of thioether (sulfide) groups is 1. The van der Waals surface area contributed by atoms with Crippen molar-refractivity contribution in [1.82, 2.24) is 5.32 Å². The highest BCUT2D eigenvalue weighted by molar-refractivity contribution is 8.00. The lowest BCUT2D eigenvalue weighted by Crippen LogP contribution is -2.30. The first-order valence-electron chi connectivity index (χ1n) is 5.36. The number of hydrogen-bond donors (Lipinski definition) is 1. The molecular formula is C12H15NOS. The SMILES string of the molecule is O=C1NCCCC[C@@H]1Sc1ccccc1. The number of carbonyl (C=O) groups excluding carboxylic acids is 1. The number of benzene rings is 1. The normalized spacial score (nSPS) is 21.9. The number of hydrogen-bond acceptors (Lipinski definition) is 2.